The molecule has 3 rings (SSSR count). The number of nitrogens with two attached hydrogens (primary N) is 1. The average Bonchev–Trinajstić information content (AvgIpc) is 2.91. The number of halogens is 1. The maximum Gasteiger partial charge on any atom is 0.229 e. The molecule has 3 aromatic rings. The van der Waals surface area contributed by atoms with Gasteiger partial charge in [0.25, 0.3) is 0 Å². The first kappa shape index (κ1) is 30.6. The Kier molecular flexibility index (Phi) is 11.4. The van der Waals surface area contributed by atoms with Gasteiger partial charge in [0.2, 0.25) is 5.95 Å². The van der Waals surface area contributed by atoms with Gasteiger partial charge in [-0.05, 0) is 68.0 Å². The summed E-state index contributed by atoms with van der Waals surface area (Å²) in [6.45, 7) is 11.4. The second kappa shape index (κ2) is 14.5. The van der Waals surface area contributed by atoms with Crippen LogP contribution < -0.4 is 31.7 Å². The number of nitrogens with one attached hydrogen (secondary N) is 3. The number of rotatable bonds is 15. The van der Waals surface area contributed by atoms with Crippen LogP contribution in [0.5, 0.6) is 5.75 Å². The van der Waals surface area contributed by atoms with Crippen LogP contribution in [0.3, 0.4) is 0 Å². The van der Waals surface area contributed by atoms with Crippen molar-refractivity contribution in [3.05, 3.63) is 65.8 Å². The maximum absolute atomic E-state index is 12.8. The molecule has 0 bridgehead atoms. The molecule has 1 unspecified atom stereocenters. The van der Waals surface area contributed by atoms with Crippen molar-refractivity contribution in [1.29, 1.82) is 0 Å². The number of ether oxygens (including phenoxy) is 1. The standard InChI is InChI=1S/C29H40ClN6O2P/c1-6-9-22(32-17-16-31)14-12-20(2)21-13-15-24(26(18-21)38-3)35-29-33-19-23(30)28(36-29)34-25-10-7-8-11-27(25)39(4,5)37/h7-8,10-11,13,15,18-19,22,32H,2,6,9,12,14,16-17,31H2,1,3-5H3,(H2,33,34,35,36). The summed E-state index contributed by atoms with van der Waals surface area (Å²) in [6.07, 6.45) is 5.62. The summed E-state index contributed by atoms with van der Waals surface area (Å²) in [5, 5.41) is 11.0. The van der Waals surface area contributed by atoms with Crippen LogP contribution in [-0.2, 0) is 4.57 Å². The highest BCUT2D eigenvalue weighted by Crippen LogP contribution is 2.39. The van der Waals surface area contributed by atoms with Crippen LogP contribution in [0.1, 0.15) is 38.2 Å². The van der Waals surface area contributed by atoms with Crippen LogP contribution in [0, 0.1) is 0 Å². The van der Waals surface area contributed by atoms with E-state index in [1.54, 1.807) is 20.4 Å². The number of methoxy groups -OCH3 is 1. The Morgan fingerprint density at radius 2 is 1.92 bits per heavy atom. The molecule has 0 spiro atoms. The first-order valence-electron chi connectivity index (χ1n) is 13.2. The first-order chi connectivity index (χ1) is 18.7. The monoisotopic (exact) mass is 570 g/mol. The van der Waals surface area contributed by atoms with E-state index < -0.39 is 7.14 Å². The van der Waals surface area contributed by atoms with Crippen molar-refractivity contribution in [2.45, 2.75) is 38.6 Å². The predicted octanol–water partition coefficient (Wildman–Crippen LogP) is 6.38. The molecule has 0 aliphatic rings. The van der Waals surface area contributed by atoms with Crippen molar-refractivity contribution in [2.24, 2.45) is 5.73 Å². The third-order valence-electron chi connectivity index (χ3n) is 6.35. The number of hydrogen-bond acceptors (Lipinski definition) is 8. The molecule has 0 radical (unpaired) electrons. The minimum Gasteiger partial charge on any atom is -0.495 e. The Balaban J connectivity index is 1.75. The van der Waals surface area contributed by atoms with Crippen LogP contribution in [0.15, 0.2) is 55.2 Å². The molecule has 0 saturated heterocycles. The highest BCUT2D eigenvalue weighted by molar-refractivity contribution is 7.70. The molecule has 0 saturated carbocycles. The fourth-order valence-electron chi connectivity index (χ4n) is 4.30. The van der Waals surface area contributed by atoms with Crippen LogP contribution in [0.2, 0.25) is 5.02 Å². The lowest BCUT2D eigenvalue weighted by atomic mass is 9.97. The number of allylic oxidation sites excluding steroid dienone is 1. The van der Waals surface area contributed by atoms with E-state index in [4.69, 9.17) is 22.1 Å². The smallest absolute Gasteiger partial charge is 0.229 e. The van der Waals surface area contributed by atoms with Gasteiger partial charge >= 0.3 is 0 Å². The minimum atomic E-state index is -2.51. The van der Waals surface area contributed by atoms with Crippen LogP contribution in [0.25, 0.3) is 5.57 Å². The third-order valence-corrected chi connectivity index (χ3v) is 8.17. The number of para-hydroxylation sites is 1. The van der Waals surface area contributed by atoms with E-state index in [1.807, 2.05) is 42.5 Å². The molecule has 5 N–H and O–H groups in total. The number of nitrogens with zero attached hydrogens (tertiary/aromatic N) is 2. The van der Waals surface area contributed by atoms with Crippen molar-refractivity contribution < 1.29 is 9.30 Å². The second-order valence-corrected chi connectivity index (χ2v) is 13.4. The van der Waals surface area contributed by atoms with Gasteiger partial charge in [0, 0.05) is 24.4 Å². The Bertz CT molecular complexity index is 1310. The van der Waals surface area contributed by atoms with Crippen molar-refractivity contribution in [3.8, 4) is 5.75 Å². The summed E-state index contributed by atoms with van der Waals surface area (Å²) in [7, 11) is -0.888. The van der Waals surface area contributed by atoms with E-state index in [9.17, 15) is 4.57 Å². The fourth-order valence-corrected chi connectivity index (χ4v) is 5.60. The highest BCUT2D eigenvalue weighted by Gasteiger charge is 2.17. The lowest BCUT2D eigenvalue weighted by Crippen LogP contribution is -2.33. The lowest BCUT2D eigenvalue weighted by Gasteiger charge is -2.19. The zero-order chi connectivity index (χ0) is 28.4. The summed E-state index contributed by atoms with van der Waals surface area (Å²) in [4.78, 5) is 8.90. The van der Waals surface area contributed by atoms with Crippen molar-refractivity contribution in [3.63, 3.8) is 0 Å². The molecule has 1 aromatic heterocycles. The molecule has 210 valence electrons. The largest absolute Gasteiger partial charge is 0.495 e. The summed E-state index contributed by atoms with van der Waals surface area (Å²) in [5.41, 5.74) is 9.13. The number of aromatic nitrogens is 2. The van der Waals surface area contributed by atoms with E-state index in [0.717, 1.165) is 48.7 Å². The Morgan fingerprint density at radius 3 is 2.62 bits per heavy atom. The van der Waals surface area contributed by atoms with Crippen molar-refractivity contribution in [2.75, 3.05) is 44.2 Å². The molecular formula is C29H40ClN6O2P. The molecule has 39 heavy (non-hydrogen) atoms. The summed E-state index contributed by atoms with van der Waals surface area (Å²) < 4.78 is 18.4. The molecule has 0 fully saturated rings. The van der Waals surface area contributed by atoms with Crippen molar-refractivity contribution >= 4 is 52.8 Å². The zero-order valence-electron chi connectivity index (χ0n) is 23.3. The average molecular weight is 571 g/mol. The van der Waals surface area contributed by atoms with Crippen LogP contribution in [-0.4, -0.2) is 49.5 Å². The van der Waals surface area contributed by atoms with E-state index in [1.165, 1.54) is 6.20 Å². The number of hydrogen-bond donors (Lipinski definition) is 4. The molecule has 10 heteroatoms. The van der Waals surface area contributed by atoms with Gasteiger partial charge in [-0.1, -0.05) is 49.7 Å². The quantitative estimate of drug-likeness (QED) is 0.156. The summed E-state index contributed by atoms with van der Waals surface area (Å²) in [5.74, 6) is 1.40. The molecule has 2 aromatic carbocycles. The Labute approximate surface area is 237 Å². The molecular weight excluding hydrogens is 531 g/mol. The molecule has 0 aliphatic heterocycles. The van der Waals surface area contributed by atoms with E-state index >= 15 is 0 Å². The lowest BCUT2D eigenvalue weighted by molar-refractivity contribution is 0.416. The number of benzene rings is 2. The SMILES string of the molecule is C=C(CCC(CCC)NCCN)c1ccc(Nc2ncc(Cl)c(Nc3ccccc3P(C)(C)=O)n2)c(OC)c1. The van der Waals surface area contributed by atoms with Gasteiger partial charge in [-0.2, -0.15) is 4.98 Å². The topological polar surface area (TPSA) is 114 Å². The van der Waals surface area contributed by atoms with Crippen molar-refractivity contribution in [1.82, 2.24) is 15.3 Å². The van der Waals surface area contributed by atoms with E-state index in [-0.39, 0.29) is 0 Å². The predicted molar refractivity (Wildman–Crippen MR) is 166 cm³/mol. The molecule has 0 aliphatic carbocycles. The van der Waals surface area contributed by atoms with Gasteiger partial charge in [-0.3, -0.25) is 0 Å². The first-order valence-corrected chi connectivity index (χ1v) is 16.1. The van der Waals surface area contributed by atoms with E-state index in [2.05, 4.69) is 39.4 Å². The maximum atomic E-state index is 12.8. The van der Waals surface area contributed by atoms with Crippen LogP contribution >= 0.6 is 18.7 Å². The highest BCUT2D eigenvalue weighted by atomic mass is 35.5. The minimum absolute atomic E-state index is 0.342. The summed E-state index contributed by atoms with van der Waals surface area (Å²) in [6, 6.07) is 13.8. The van der Waals surface area contributed by atoms with Gasteiger partial charge in [-0.25, -0.2) is 4.98 Å². The normalized spacial score (nSPS) is 12.2. The zero-order valence-corrected chi connectivity index (χ0v) is 24.9. The molecule has 1 atom stereocenters. The Hall–Kier alpha value is -2.90. The Morgan fingerprint density at radius 1 is 1.15 bits per heavy atom. The summed E-state index contributed by atoms with van der Waals surface area (Å²) >= 11 is 6.40. The van der Waals surface area contributed by atoms with E-state index in [0.29, 0.717) is 46.5 Å². The molecule has 1 heterocycles. The van der Waals surface area contributed by atoms with Gasteiger partial charge in [0.05, 0.1) is 24.7 Å². The van der Waals surface area contributed by atoms with Gasteiger partial charge in [0.15, 0.2) is 5.82 Å². The molecule has 8 nitrogen and oxygen atoms in total. The second-order valence-electron chi connectivity index (χ2n) is 9.79. The van der Waals surface area contributed by atoms with Gasteiger partial charge < -0.3 is 31.0 Å². The number of anilines is 4. The van der Waals surface area contributed by atoms with Crippen LogP contribution in [0.4, 0.5) is 23.1 Å². The van der Waals surface area contributed by atoms with Gasteiger partial charge in [0.1, 0.15) is 17.9 Å². The third kappa shape index (κ3) is 8.80. The van der Waals surface area contributed by atoms with Gasteiger partial charge in [-0.15, -0.1) is 0 Å². The fraction of sp³-hybridized carbons (Fsp3) is 0.379. The molecule has 0 amide bonds.